The summed E-state index contributed by atoms with van der Waals surface area (Å²) >= 11 is 0. The monoisotopic (exact) mass is 90.1 g/mol. The van der Waals surface area contributed by atoms with Gasteiger partial charge < -0.3 is 5.11 Å². The molecule has 3 N–H and O–H groups in total. The Bertz CT molecular complexity index is 20.8. The van der Waals surface area contributed by atoms with Gasteiger partial charge in [0.25, 0.3) is 0 Å². The lowest BCUT2D eigenvalue weighted by Crippen LogP contribution is -2.29. The van der Waals surface area contributed by atoms with E-state index in [1.807, 2.05) is 0 Å². The van der Waals surface area contributed by atoms with Gasteiger partial charge in [0.2, 0.25) is 0 Å². The summed E-state index contributed by atoms with van der Waals surface area (Å²) in [6, 6.07) is 0. The molecule has 0 fully saturated rings. The molecule has 0 saturated heterocycles. The van der Waals surface area contributed by atoms with Crippen LogP contribution in [0.3, 0.4) is 0 Å². The molecule has 0 unspecified atom stereocenters. The maximum absolute atomic E-state index is 8.09. The van der Waals surface area contributed by atoms with E-state index in [0.29, 0.717) is 6.54 Å². The zero-order chi connectivity index (χ0) is 4.83. The van der Waals surface area contributed by atoms with E-state index in [1.165, 1.54) is 0 Å². The summed E-state index contributed by atoms with van der Waals surface area (Å²) in [5.74, 6) is 0. The Hall–Kier alpha value is -0.120. The van der Waals surface area contributed by atoms with E-state index in [0.717, 1.165) is 0 Å². The lowest BCUT2D eigenvalue weighted by Gasteiger charge is -1.94. The second-order valence-electron chi connectivity index (χ2n) is 0.900. The predicted molar refractivity (Wildman–Crippen MR) is 24.1 cm³/mol. The fourth-order valence-electron chi connectivity index (χ4n) is 0.181. The third-order valence-corrected chi connectivity index (χ3v) is 0.414. The first kappa shape index (κ1) is 5.88. The van der Waals surface area contributed by atoms with Crippen LogP contribution in [0.2, 0.25) is 0 Å². The minimum Gasteiger partial charge on any atom is -0.395 e. The Labute approximate surface area is 37.3 Å². The van der Waals surface area contributed by atoms with Gasteiger partial charge in [0.15, 0.2) is 0 Å². The van der Waals surface area contributed by atoms with Crippen molar-refractivity contribution in [1.29, 1.82) is 0 Å². The van der Waals surface area contributed by atoms with Gasteiger partial charge in [0.05, 0.1) is 6.61 Å². The molecule has 0 saturated carbocycles. The Morgan fingerprint density at radius 3 is 2.50 bits per heavy atom. The highest BCUT2D eigenvalue weighted by Crippen LogP contribution is 1.43. The van der Waals surface area contributed by atoms with Gasteiger partial charge in [0.1, 0.15) is 0 Å². The largest absolute Gasteiger partial charge is 0.395 e. The fourth-order valence-corrected chi connectivity index (χ4v) is 0.181. The first-order valence-corrected chi connectivity index (χ1v) is 1.92. The smallest absolute Gasteiger partial charge is 0.0569 e. The summed E-state index contributed by atoms with van der Waals surface area (Å²) in [5.41, 5.74) is 5.36. The minimum atomic E-state index is 0.181. The van der Waals surface area contributed by atoms with E-state index >= 15 is 0 Å². The van der Waals surface area contributed by atoms with Crippen LogP contribution in [-0.2, 0) is 0 Å². The first-order chi connectivity index (χ1) is 2.91. The molecule has 0 aliphatic heterocycles. The van der Waals surface area contributed by atoms with Crippen LogP contribution >= 0.6 is 0 Å². The predicted octanol–water partition coefficient (Wildman–Crippen LogP) is -1.30. The number of rotatable bonds is 3. The highest BCUT2D eigenvalue weighted by atomic mass is 16.3. The number of nitrogens with one attached hydrogen (secondary N) is 2. The number of aliphatic hydroxyl groups is 1. The summed E-state index contributed by atoms with van der Waals surface area (Å²) in [5, 5.41) is 8.09. The standard InChI is InChI=1S/C3H10N2O/c1-4-5-2-3-6/h4-6H,2-3H2,1H3. The van der Waals surface area contributed by atoms with Crippen LogP contribution in [-0.4, -0.2) is 25.3 Å². The molecule has 0 aromatic rings. The SMILES string of the molecule is CNNCCO. The molecular formula is C3H10N2O. The number of aliphatic hydroxyl groups excluding tert-OH is 1. The van der Waals surface area contributed by atoms with Gasteiger partial charge in [-0.2, -0.15) is 0 Å². The first-order valence-electron chi connectivity index (χ1n) is 1.92. The Balaban J connectivity index is 2.34. The lowest BCUT2D eigenvalue weighted by atomic mass is 10.7. The molecule has 3 nitrogen and oxygen atoms in total. The normalized spacial score (nSPS) is 9.00. The van der Waals surface area contributed by atoms with Gasteiger partial charge >= 0.3 is 0 Å². The average molecular weight is 90.1 g/mol. The summed E-state index contributed by atoms with van der Waals surface area (Å²) in [6.07, 6.45) is 0. The van der Waals surface area contributed by atoms with Crippen molar-refractivity contribution in [2.45, 2.75) is 0 Å². The summed E-state index contributed by atoms with van der Waals surface area (Å²) in [7, 11) is 1.76. The van der Waals surface area contributed by atoms with Gasteiger partial charge in [0, 0.05) is 6.54 Å². The molecule has 0 bridgehead atoms. The molecule has 0 aromatic carbocycles. The second-order valence-corrected chi connectivity index (χ2v) is 0.900. The molecule has 0 radical (unpaired) electrons. The zero-order valence-electron chi connectivity index (χ0n) is 3.86. The van der Waals surface area contributed by atoms with Crippen LogP contribution in [0.4, 0.5) is 0 Å². The van der Waals surface area contributed by atoms with E-state index in [-0.39, 0.29) is 6.61 Å². The van der Waals surface area contributed by atoms with Crippen molar-refractivity contribution in [2.75, 3.05) is 20.2 Å². The van der Waals surface area contributed by atoms with E-state index in [4.69, 9.17) is 5.11 Å². The fraction of sp³-hybridized carbons (Fsp3) is 1.00. The Kier molecular flexibility index (Phi) is 4.78. The van der Waals surface area contributed by atoms with Gasteiger partial charge in [-0.1, -0.05) is 0 Å². The molecule has 6 heavy (non-hydrogen) atoms. The molecule has 0 spiro atoms. The third kappa shape index (κ3) is 3.88. The molecule has 38 valence electrons. The van der Waals surface area contributed by atoms with Crippen molar-refractivity contribution >= 4 is 0 Å². The van der Waals surface area contributed by atoms with Gasteiger partial charge in [-0.05, 0) is 7.05 Å². The Morgan fingerprint density at radius 2 is 2.33 bits per heavy atom. The van der Waals surface area contributed by atoms with Crippen molar-refractivity contribution in [1.82, 2.24) is 10.9 Å². The second kappa shape index (κ2) is 4.88. The molecule has 0 aliphatic carbocycles. The number of hydrogen-bond donors (Lipinski definition) is 3. The van der Waals surface area contributed by atoms with E-state index in [9.17, 15) is 0 Å². The van der Waals surface area contributed by atoms with Gasteiger partial charge in [-0.15, -0.1) is 0 Å². The van der Waals surface area contributed by atoms with Crippen molar-refractivity contribution < 1.29 is 5.11 Å². The number of hydrazine groups is 1. The maximum atomic E-state index is 8.09. The molecule has 0 aromatic heterocycles. The van der Waals surface area contributed by atoms with Crippen molar-refractivity contribution in [2.24, 2.45) is 0 Å². The highest BCUT2D eigenvalue weighted by Gasteiger charge is 1.70. The van der Waals surface area contributed by atoms with E-state index < -0.39 is 0 Å². The van der Waals surface area contributed by atoms with Gasteiger partial charge in [-0.25, -0.2) is 0 Å². The van der Waals surface area contributed by atoms with Gasteiger partial charge in [-0.3, -0.25) is 10.9 Å². The average Bonchev–Trinajstić information content (AvgIpc) is 1.61. The van der Waals surface area contributed by atoms with Crippen LogP contribution in [0.5, 0.6) is 0 Å². The maximum Gasteiger partial charge on any atom is 0.0569 e. The summed E-state index contributed by atoms with van der Waals surface area (Å²) < 4.78 is 0. The van der Waals surface area contributed by atoms with Crippen molar-refractivity contribution in [3.8, 4) is 0 Å². The molecular weight excluding hydrogens is 80.0 g/mol. The van der Waals surface area contributed by atoms with Crippen LogP contribution in [0.25, 0.3) is 0 Å². The van der Waals surface area contributed by atoms with Crippen LogP contribution in [0, 0.1) is 0 Å². The van der Waals surface area contributed by atoms with Crippen LogP contribution < -0.4 is 10.9 Å². The third-order valence-electron chi connectivity index (χ3n) is 0.414. The molecule has 0 heterocycles. The van der Waals surface area contributed by atoms with E-state index in [2.05, 4.69) is 10.9 Å². The molecule has 0 amide bonds. The van der Waals surface area contributed by atoms with E-state index in [1.54, 1.807) is 7.05 Å². The molecule has 0 aliphatic rings. The topological polar surface area (TPSA) is 44.3 Å². The van der Waals surface area contributed by atoms with Crippen molar-refractivity contribution in [3.63, 3.8) is 0 Å². The van der Waals surface area contributed by atoms with Crippen LogP contribution in [0.1, 0.15) is 0 Å². The van der Waals surface area contributed by atoms with Crippen molar-refractivity contribution in [3.05, 3.63) is 0 Å². The molecule has 0 atom stereocenters. The summed E-state index contributed by atoms with van der Waals surface area (Å²) in [4.78, 5) is 0. The Morgan fingerprint density at radius 1 is 1.67 bits per heavy atom. The highest BCUT2D eigenvalue weighted by molar-refractivity contribution is 4.28. The van der Waals surface area contributed by atoms with Crippen LogP contribution in [0.15, 0.2) is 0 Å². The quantitative estimate of drug-likeness (QED) is 0.298. The molecule has 0 rings (SSSR count). The molecule has 3 heteroatoms. The summed E-state index contributed by atoms with van der Waals surface area (Å²) in [6.45, 7) is 0.789. The minimum absolute atomic E-state index is 0.181. The number of hydrogen-bond acceptors (Lipinski definition) is 3. The zero-order valence-corrected chi connectivity index (χ0v) is 3.86. The lowest BCUT2D eigenvalue weighted by molar-refractivity contribution is 0.286.